The molecule has 0 amide bonds. The molecule has 0 rings (SSSR count). The summed E-state index contributed by atoms with van der Waals surface area (Å²) in [5.41, 5.74) is 0. The standard InChI is InChI=1S/C14H31OP/c1-4-7-9-11-13-16(15,6-3)14-12-10-8-5-2/h4-14H2,1-3H3. The zero-order chi connectivity index (χ0) is 12.3. The topological polar surface area (TPSA) is 17.1 Å². The smallest absolute Gasteiger partial charge is 0.0875 e. The second kappa shape index (κ2) is 10.4. The van der Waals surface area contributed by atoms with Crippen LogP contribution in [0.25, 0.3) is 0 Å². The molecule has 0 aromatic rings. The van der Waals surface area contributed by atoms with Gasteiger partial charge in [-0.05, 0) is 19.0 Å². The summed E-state index contributed by atoms with van der Waals surface area (Å²) in [4.78, 5) is 0. The second-order valence-electron chi connectivity index (χ2n) is 4.94. The fourth-order valence-corrected chi connectivity index (χ4v) is 4.54. The quantitative estimate of drug-likeness (QED) is 0.346. The Hall–Kier alpha value is 0.230. The van der Waals surface area contributed by atoms with Crippen molar-refractivity contribution in [3.8, 4) is 0 Å². The number of hydrogen-bond donors (Lipinski definition) is 0. The summed E-state index contributed by atoms with van der Waals surface area (Å²) in [6.45, 7) is 6.56. The van der Waals surface area contributed by atoms with E-state index in [-0.39, 0.29) is 0 Å². The van der Waals surface area contributed by atoms with Gasteiger partial charge >= 0.3 is 0 Å². The number of hydrogen-bond acceptors (Lipinski definition) is 1. The highest BCUT2D eigenvalue weighted by atomic mass is 31.2. The van der Waals surface area contributed by atoms with Crippen LogP contribution in [0.2, 0.25) is 0 Å². The summed E-state index contributed by atoms with van der Waals surface area (Å²) in [5, 5.41) is 0. The molecule has 98 valence electrons. The molecule has 0 radical (unpaired) electrons. The Morgan fingerprint density at radius 2 is 1.12 bits per heavy atom. The van der Waals surface area contributed by atoms with Crippen molar-refractivity contribution in [2.75, 3.05) is 18.5 Å². The van der Waals surface area contributed by atoms with Crippen molar-refractivity contribution in [1.82, 2.24) is 0 Å². The monoisotopic (exact) mass is 246 g/mol. The van der Waals surface area contributed by atoms with Gasteiger partial charge in [0.25, 0.3) is 0 Å². The Morgan fingerprint density at radius 1 is 0.688 bits per heavy atom. The highest BCUT2D eigenvalue weighted by molar-refractivity contribution is 7.63. The lowest BCUT2D eigenvalue weighted by Crippen LogP contribution is -1.99. The molecule has 2 heteroatoms. The Labute approximate surface area is 103 Å². The molecule has 0 aliphatic heterocycles. The second-order valence-corrected chi connectivity index (χ2v) is 8.59. The average molecular weight is 246 g/mol. The molecule has 0 unspecified atom stereocenters. The van der Waals surface area contributed by atoms with Crippen molar-refractivity contribution in [2.45, 2.75) is 72.1 Å². The first-order chi connectivity index (χ1) is 7.68. The first kappa shape index (κ1) is 16.2. The van der Waals surface area contributed by atoms with Gasteiger partial charge in [-0.25, -0.2) is 0 Å². The van der Waals surface area contributed by atoms with Crippen LogP contribution < -0.4 is 0 Å². The summed E-state index contributed by atoms with van der Waals surface area (Å²) in [7, 11) is -1.78. The molecule has 0 N–H and O–H groups in total. The Kier molecular flexibility index (Phi) is 10.5. The molecule has 0 aromatic carbocycles. The minimum Gasteiger partial charge on any atom is -0.324 e. The lowest BCUT2D eigenvalue weighted by atomic mass is 10.2. The number of rotatable bonds is 11. The highest BCUT2D eigenvalue weighted by Crippen LogP contribution is 2.46. The third kappa shape index (κ3) is 8.39. The van der Waals surface area contributed by atoms with Crippen molar-refractivity contribution in [1.29, 1.82) is 0 Å². The van der Waals surface area contributed by atoms with Gasteiger partial charge in [0.1, 0.15) is 0 Å². The van der Waals surface area contributed by atoms with E-state index >= 15 is 0 Å². The normalized spacial score (nSPS) is 11.9. The summed E-state index contributed by atoms with van der Waals surface area (Å²) < 4.78 is 12.5. The van der Waals surface area contributed by atoms with Crippen LogP contribution in [0, 0.1) is 0 Å². The summed E-state index contributed by atoms with van der Waals surface area (Å²) in [5.74, 6) is 0. The van der Waals surface area contributed by atoms with Crippen molar-refractivity contribution in [3.63, 3.8) is 0 Å². The molecule has 0 spiro atoms. The average Bonchev–Trinajstić information content (AvgIpc) is 2.31. The molecule has 0 bridgehead atoms. The fourth-order valence-electron chi connectivity index (χ4n) is 2.08. The largest absolute Gasteiger partial charge is 0.324 e. The van der Waals surface area contributed by atoms with E-state index in [9.17, 15) is 4.57 Å². The molecule has 0 heterocycles. The van der Waals surface area contributed by atoms with Crippen LogP contribution in [0.4, 0.5) is 0 Å². The van der Waals surface area contributed by atoms with E-state index in [1.165, 1.54) is 51.4 Å². The molecule has 0 aromatic heterocycles. The maximum absolute atomic E-state index is 12.5. The van der Waals surface area contributed by atoms with Crippen molar-refractivity contribution < 1.29 is 4.57 Å². The predicted octanol–water partition coefficient (Wildman–Crippen LogP) is 5.53. The third-order valence-corrected chi connectivity index (χ3v) is 6.83. The zero-order valence-corrected chi connectivity index (χ0v) is 12.5. The Bertz CT molecular complexity index is 173. The SMILES string of the molecule is CCCCCCP(=O)(CC)CCCCCC. The first-order valence-corrected chi connectivity index (χ1v) is 9.52. The fraction of sp³-hybridized carbons (Fsp3) is 1.00. The number of unbranched alkanes of at least 4 members (excludes halogenated alkanes) is 6. The van der Waals surface area contributed by atoms with Gasteiger partial charge < -0.3 is 4.57 Å². The lowest BCUT2D eigenvalue weighted by Gasteiger charge is -2.16. The lowest BCUT2D eigenvalue weighted by molar-refractivity contribution is 0.566. The van der Waals surface area contributed by atoms with Gasteiger partial charge in [0, 0.05) is 12.3 Å². The van der Waals surface area contributed by atoms with E-state index in [1.54, 1.807) is 0 Å². The van der Waals surface area contributed by atoms with Crippen LogP contribution in [0.3, 0.4) is 0 Å². The first-order valence-electron chi connectivity index (χ1n) is 7.25. The van der Waals surface area contributed by atoms with Crippen LogP contribution in [-0.4, -0.2) is 18.5 Å². The molecule has 0 aliphatic rings. The van der Waals surface area contributed by atoms with Gasteiger partial charge in [0.2, 0.25) is 0 Å². The van der Waals surface area contributed by atoms with E-state index in [0.29, 0.717) is 0 Å². The minimum atomic E-state index is -1.78. The minimum absolute atomic E-state index is 0.922. The van der Waals surface area contributed by atoms with E-state index in [2.05, 4.69) is 20.8 Å². The van der Waals surface area contributed by atoms with Gasteiger partial charge in [-0.1, -0.05) is 59.3 Å². The third-order valence-electron chi connectivity index (χ3n) is 3.41. The van der Waals surface area contributed by atoms with Gasteiger partial charge in [0.05, 0.1) is 7.14 Å². The molecule has 1 nitrogen and oxygen atoms in total. The maximum atomic E-state index is 12.5. The Morgan fingerprint density at radius 3 is 1.44 bits per heavy atom. The van der Waals surface area contributed by atoms with Gasteiger partial charge in [-0.3, -0.25) is 0 Å². The van der Waals surface area contributed by atoms with Crippen LogP contribution in [0.1, 0.15) is 72.1 Å². The molecule has 0 saturated carbocycles. The van der Waals surface area contributed by atoms with Crippen LogP contribution in [0.15, 0.2) is 0 Å². The van der Waals surface area contributed by atoms with Gasteiger partial charge in [-0.2, -0.15) is 0 Å². The molecule has 0 saturated heterocycles. The van der Waals surface area contributed by atoms with E-state index in [4.69, 9.17) is 0 Å². The van der Waals surface area contributed by atoms with E-state index in [0.717, 1.165) is 18.5 Å². The van der Waals surface area contributed by atoms with Crippen molar-refractivity contribution >= 4 is 7.14 Å². The maximum Gasteiger partial charge on any atom is 0.0875 e. The summed E-state index contributed by atoms with van der Waals surface area (Å²) >= 11 is 0. The summed E-state index contributed by atoms with van der Waals surface area (Å²) in [6.07, 6.45) is 13.0. The molecule has 0 aliphatic carbocycles. The van der Waals surface area contributed by atoms with E-state index < -0.39 is 7.14 Å². The molecule has 16 heavy (non-hydrogen) atoms. The van der Waals surface area contributed by atoms with Gasteiger partial charge in [0.15, 0.2) is 0 Å². The summed E-state index contributed by atoms with van der Waals surface area (Å²) in [6, 6.07) is 0. The van der Waals surface area contributed by atoms with Crippen LogP contribution in [-0.2, 0) is 4.57 Å². The Balaban J connectivity index is 3.69. The van der Waals surface area contributed by atoms with Crippen molar-refractivity contribution in [2.24, 2.45) is 0 Å². The van der Waals surface area contributed by atoms with Crippen molar-refractivity contribution in [3.05, 3.63) is 0 Å². The van der Waals surface area contributed by atoms with Crippen LogP contribution in [0.5, 0.6) is 0 Å². The highest BCUT2D eigenvalue weighted by Gasteiger charge is 2.17. The van der Waals surface area contributed by atoms with Crippen LogP contribution >= 0.6 is 7.14 Å². The molecular weight excluding hydrogens is 215 g/mol. The molecular formula is C14H31OP. The molecule has 0 atom stereocenters. The zero-order valence-electron chi connectivity index (χ0n) is 11.6. The van der Waals surface area contributed by atoms with E-state index in [1.807, 2.05) is 0 Å². The molecule has 0 fully saturated rings. The van der Waals surface area contributed by atoms with Gasteiger partial charge in [-0.15, -0.1) is 0 Å². The predicted molar refractivity (Wildman–Crippen MR) is 76.2 cm³/mol.